The van der Waals surface area contributed by atoms with Gasteiger partial charge in [0.1, 0.15) is 6.33 Å². The SMILES string of the molecule is CC(NC(=O)n1ccnc1)c1csnn1. The molecule has 7 heteroatoms. The van der Waals surface area contributed by atoms with Crippen LogP contribution in [-0.4, -0.2) is 25.2 Å². The predicted molar refractivity (Wildman–Crippen MR) is 54.5 cm³/mol. The Hall–Kier alpha value is -1.76. The van der Waals surface area contributed by atoms with Gasteiger partial charge in [0.05, 0.1) is 11.7 Å². The van der Waals surface area contributed by atoms with Crippen molar-refractivity contribution in [2.45, 2.75) is 13.0 Å². The van der Waals surface area contributed by atoms with Crippen molar-refractivity contribution >= 4 is 17.6 Å². The molecule has 2 heterocycles. The Morgan fingerprint density at radius 3 is 3.13 bits per heavy atom. The number of hydrogen-bond donors (Lipinski definition) is 1. The molecule has 0 bridgehead atoms. The fourth-order valence-electron chi connectivity index (χ4n) is 1.07. The molecule has 0 spiro atoms. The second-order valence-electron chi connectivity index (χ2n) is 2.97. The predicted octanol–water partition coefficient (Wildman–Crippen LogP) is 1.05. The molecule has 1 amide bonds. The van der Waals surface area contributed by atoms with E-state index in [1.165, 1.54) is 22.4 Å². The molecular weight excluding hydrogens is 214 g/mol. The molecule has 1 N–H and O–H groups in total. The van der Waals surface area contributed by atoms with Crippen LogP contribution < -0.4 is 5.32 Å². The van der Waals surface area contributed by atoms with E-state index in [1.54, 1.807) is 17.8 Å². The summed E-state index contributed by atoms with van der Waals surface area (Å²) >= 11 is 1.26. The number of carbonyl (C=O) groups excluding carboxylic acids is 1. The van der Waals surface area contributed by atoms with Gasteiger partial charge in [-0.1, -0.05) is 4.49 Å². The fourth-order valence-corrected chi connectivity index (χ4v) is 1.62. The van der Waals surface area contributed by atoms with E-state index >= 15 is 0 Å². The van der Waals surface area contributed by atoms with Crippen molar-refractivity contribution in [2.24, 2.45) is 0 Å². The van der Waals surface area contributed by atoms with Crippen LogP contribution in [0.2, 0.25) is 0 Å². The zero-order valence-electron chi connectivity index (χ0n) is 7.99. The lowest BCUT2D eigenvalue weighted by atomic mass is 10.3. The van der Waals surface area contributed by atoms with Gasteiger partial charge in [-0.15, -0.1) is 5.10 Å². The van der Waals surface area contributed by atoms with E-state index in [2.05, 4.69) is 19.9 Å². The summed E-state index contributed by atoms with van der Waals surface area (Å²) in [6.45, 7) is 1.85. The maximum absolute atomic E-state index is 11.6. The van der Waals surface area contributed by atoms with E-state index in [-0.39, 0.29) is 12.1 Å². The highest BCUT2D eigenvalue weighted by molar-refractivity contribution is 7.03. The summed E-state index contributed by atoms with van der Waals surface area (Å²) in [6, 6.07) is -0.383. The molecule has 0 fully saturated rings. The molecule has 2 aromatic rings. The zero-order chi connectivity index (χ0) is 10.7. The number of nitrogens with zero attached hydrogens (tertiary/aromatic N) is 4. The van der Waals surface area contributed by atoms with Gasteiger partial charge in [-0.25, -0.2) is 9.78 Å². The summed E-state index contributed by atoms with van der Waals surface area (Å²) in [6.07, 6.45) is 4.58. The number of hydrogen-bond acceptors (Lipinski definition) is 5. The van der Waals surface area contributed by atoms with Crippen molar-refractivity contribution in [2.75, 3.05) is 0 Å². The first kappa shape index (κ1) is 9.78. The summed E-state index contributed by atoms with van der Waals surface area (Å²) in [4.78, 5) is 15.4. The Morgan fingerprint density at radius 1 is 1.67 bits per heavy atom. The van der Waals surface area contributed by atoms with Crippen molar-refractivity contribution in [1.82, 2.24) is 24.5 Å². The Bertz CT molecular complexity index is 424. The standard InChI is InChI=1S/C8H9N5OS/c1-6(7-4-15-12-11-7)10-8(14)13-3-2-9-5-13/h2-6H,1H3,(H,10,14). The minimum Gasteiger partial charge on any atom is -0.329 e. The molecule has 6 nitrogen and oxygen atoms in total. The van der Waals surface area contributed by atoms with Crippen LogP contribution in [0.5, 0.6) is 0 Å². The highest BCUT2D eigenvalue weighted by Crippen LogP contribution is 2.09. The molecule has 1 atom stereocenters. The third-order valence-electron chi connectivity index (χ3n) is 1.90. The topological polar surface area (TPSA) is 72.7 Å². The molecule has 0 aliphatic rings. The Balaban J connectivity index is 2.01. The van der Waals surface area contributed by atoms with Gasteiger partial charge in [-0.2, -0.15) is 0 Å². The zero-order valence-corrected chi connectivity index (χ0v) is 8.81. The molecule has 78 valence electrons. The van der Waals surface area contributed by atoms with Crippen LogP contribution in [-0.2, 0) is 0 Å². The van der Waals surface area contributed by atoms with E-state index in [9.17, 15) is 4.79 Å². The monoisotopic (exact) mass is 223 g/mol. The number of aromatic nitrogens is 4. The van der Waals surface area contributed by atoms with Crippen LogP contribution in [0.1, 0.15) is 18.7 Å². The molecule has 0 saturated heterocycles. The molecule has 1 unspecified atom stereocenters. The van der Waals surface area contributed by atoms with Crippen molar-refractivity contribution in [3.05, 3.63) is 29.8 Å². The molecule has 2 rings (SSSR count). The van der Waals surface area contributed by atoms with Gasteiger partial charge in [0.15, 0.2) is 0 Å². The third kappa shape index (κ3) is 2.18. The van der Waals surface area contributed by atoms with Crippen LogP contribution in [0.4, 0.5) is 4.79 Å². The Labute approximate surface area is 90.1 Å². The maximum atomic E-state index is 11.6. The van der Waals surface area contributed by atoms with Crippen molar-refractivity contribution in [1.29, 1.82) is 0 Å². The number of carbonyl (C=O) groups is 1. The second kappa shape index (κ2) is 4.18. The number of nitrogens with one attached hydrogen (secondary N) is 1. The van der Waals surface area contributed by atoms with Crippen LogP contribution in [0, 0.1) is 0 Å². The average molecular weight is 223 g/mol. The molecule has 0 radical (unpaired) electrons. The molecular formula is C8H9N5OS. The average Bonchev–Trinajstić information content (AvgIpc) is 2.91. The van der Waals surface area contributed by atoms with E-state index in [4.69, 9.17) is 0 Å². The quantitative estimate of drug-likeness (QED) is 0.826. The lowest BCUT2D eigenvalue weighted by Crippen LogP contribution is -2.30. The largest absolute Gasteiger partial charge is 0.329 e. The first-order valence-electron chi connectivity index (χ1n) is 4.33. The van der Waals surface area contributed by atoms with Crippen LogP contribution in [0.25, 0.3) is 0 Å². The highest BCUT2D eigenvalue weighted by Gasteiger charge is 2.12. The Morgan fingerprint density at radius 2 is 2.53 bits per heavy atom. The molecule has 0 saturated carbocycles. The van der Waals surface area contributed by atoms with Crippen LogP contribution >= 0.6 is 11.5 Å². The van der Waals surface area contributed by atoms with Gasteiger partial charge in [0.2, 0.25) is 0 Å². The van der Waals surface area contributed by atoms with E-state index in [1.807, 2.05) is 6.92 Å². The second-order valence-corrected chi connectivity index (χ2v) is 3.58. The van der Waals surface area contributed by atoms with E-state index in [0.717, 1.165) is 5.69 Å². The minimum absolute atomic E-state index is 0.154. The van der Waals surface area contributed by atoms with Gasteiger partial charge in [-0.3, -0.25) is 4.57 Å². The molecule has 0 aromatic carbocycles. The normalized spacial score (nSPS) is 12.3. The fraction of sp³-hybridized carbons (Fsp3) is 0.250. The first-order chi connectivity index (χ1) is 7.27. The molecule has 2 aromatic heterocycles. The molecule has 15 heavy (non-hydrogen) atoms. The van der Waals surface area contributed by atoms with Gasteiger partial charge in [0, 0.05) is 17.8 Å². The Kier molecular flexibility index (Phi) is 2.72. The summed E-state index contributed by atoms with van der Waals surface area (Å²) in [5, 5.41) is 8.46. The number of rotatable bonds is 2. The van der Waals surface area contributed by atoms with E-state index in [0.29, 0.717) is 0 Å². The minimum atomic E-state index is -0.229. The maximum Gasteiger partial charge on any atom is 0.327 e. The van der Waals surface area contributed by atoms with E-state index < -0.39 is 0 Å². The smallest absolute Gasteiger partial charge is 0.327 e. The van der Waals surface area contributed by atoms with Crippen LogP contribution in [0.15, 0.2) is 24.1 Å². The number of amides is 1. The third-order valence-corrected chi connectivity index (χ3v) is 2.42. The van der Waals surface area contributed by atoms with Crippen molar-refractivity contribution < 1.29 is 4.79 Å². The van der Waals surface area contributed by atoms with Crippen molar-refractivity contribution in [3.63, 3.8) is 0 Å². The summed E-state index contributed by atoms with van der Waals surface area (Å²) in [7, 11) is 0. The van der Waals surface area contributed by atoms with Gasteiger partial charge >= 0.3 is 6.03 Å². The lowest BCUT2D eigenvalue weighted by Gasteiger charge is -2.10. The first-order valence-corrected chi connectivity index (χ1v) is 5.17. The summed E-state index contributed by atoms with van der Waals surface area (Å²) in [5.74, 6) is 0. The van der Waals surface area contributed by atoms with Gasteiger partial charge in [-0.05, 0) is 18.5 Å². The lowest BCUT2D eigenvalue weighted by molar-refractivity contribution is 0.239. The van der Waals surface area contributed by atoms with Crippen LogP contribution in [0.3, 0.4) is 0 Å². The van der Waals surface area contributed by atoms with Gasteiger partial charge < -0.3 is 5.32 Å². The molecule has 0 aliphatic carbocycles. The highest BCUT2D eigenvalue weighted by atomic mass is 32.1. The van der Waals surface area contributed by atoms with Crippen molar-refractivity contribution in [3.8, 4) is 0 Å². The number of imidazole rings is 1. The summed E-state index contributed by atoms with van der Waals surface area (Å²) < 4.78 is 5.11. The summed E-state index contributed by atoms with van der Waals surface area (Å²) in [5.41, 5.74) is 0.758. The molecule has 0 aliphatic heterocycles. The van der Waals surface area contributed by atoms with Gasteiger partial charge in [0.25, 0.3) is 0 Å².